The Hall–Kier alpha value is -3.78. The Labute approximate surface area is 223 Å². The van der Waals surface area contributed by atoms with E-state index in [2.05, 4.69) is 15.9 Å². The highest BCUT2D eigenvalue weighted by molar-refractivity contribution is 9.10. The number of halogens is 1. The molecule has 0 heterocycles. The van der Waals surface area contributed by atoms with E-state index < -0.39 is 29.6 Å². The largest absolute Gasteiger partial charge is 0.497 e. The summed E-state index contributed by atoms with van der Waals surface area (Å²) in [6.07, 6.45) is 2.86. The number of benzene rings is 3. The number of ketones is 2. The van der Waals surface area contributed by atoms with Crippen molar-refractivity contribution >= 4 is 33.6 Å². The molecule has 8 heteroatoms. The summed E-state index contributed by atoms with van der Waals surface area (Å²) in [7, 11) is 3.11. The third kappa shape index (κ3) is 5.80. The molecule has 1 saturated carbocycles. The van der Waals surface area contributed by atoms with Crippen LogP contribution >= 0.6 is 15.9 Å². The molecule has 4 atom stereocenters. The van der Waals surface area contributed by atoms with E-state index >= 15 is 0 Å². The number of carbonyl (C=O) groups is 2. The predicted molar refractivity (Wildman–Crippen MR) is 144 cm³/mol. The molecule has 3 aromatic rings. The van der Waals surface area contributed by atoms with Crippen molar-refractivity contribution in [2.75, 3.05) is 14.2 Å². The number of nitrogens with zero attached hydrogens (tertiary/aromatic N) is 1. The Kier molecular flexibility index (Phi) is 8.18. The standard InChI is InChI=1S/C29H26BrNO6/c1-36-22-12-3-18(4-13-22)5-16-25(32)28-26(33)17-24(19-8-14-23(37-2)15-9-19)29(31(34)35)27(28)20-6-10-21(30)11-7-20/h3-16,24,27-29H,17H2,1-2H3/b16-5+/t24-,27+,28?,29+/m1/s1. The number of carbonyl (C=O) groups excluding carboxylic acids is 2. The maximum Gasteiger partial charge on any atom is 0.228 e. The molecule has 4 rings (SSSR count). The first-order valence-corrected chi connectivity index (χ1v) is 12.5. The lowest BCUT2D eigenvalue weighted by molar-refractivity contribution is -0.533. The Bertz CT molecular complexity index is 1300. The van der Waals surface area contributed by atoms with Crippen molar-refractivity contribution < 1.29 is 24.0 Å². The van der Waals surface area contributed by atoms with Crippen LogP contribution in [0.4, 0.5) is 0 Å². The molecule has 0 aromatic heterocycles. The molecule has 0 radical (unpaired) electrons. The van der Waals surface area contributed by atoms with Gasteiger partial charge in [0.05, 0.1) is 32.0 Å². The average molecular weight is 564 g/mol. The molecule has 0 amide bonds. The lowest BCUT2D eigenvalue weighted by Crippen LogP contribution is -2.48. The zero-order valence-corrected chi connectivity index (χ0v) is 22.0. The summed E-state index contributed by atoms with van der Waals surface area (Å²) in [6, 6.07) is 19.9. The van der Waals surface area contributed by atoms with E-state index in [1.165, 1.54) is 13.2 Å². The van der Waals surface area contributed by atoms with Crippen LogP contribution in [0.1, 0.15) is 34.9 Å². The third-order valence-corrected chi connectivity index (χ3v) is 7.34. The number of hydrogen-bond donors (Lipinski definition) is 0. The number of Topliss-reactive ketones (excluding diaryl/α,β-unsaturated/α-hetero) is 1. The molecule has 0 aliphatic heterocycles. The van der Waals surface area contributed by atoms with Crippen LogP contribution in [-0.2, 0) is 9.59 Å². The first-order chi connectivity index (χ1) is 17.8. The number of nitro groups is 1. The minimum Gasteiger partial charge on any atom is -0.497 e. The second-order valence-corrected chi connectivity index (χ2v) is 9.81. The molecule has 1 aliphatic rings. The molecule has 3 aromatic carbocycles. The quantitative estimate of drug-likeness (QED) is 0.147. The van der Waals surface area contributed by atoms with Crippen molar-refractivity contribution in [1.29, 1.82) is 0 Å². The van der Waals surface area contributed by atoms with E-state index in [0.717, 1.165) is 10.0 Å². The summed E-state index contributed by atoms with van der Waals surface area (Å²) in [5.41, 5.74) is 1.99. The molecule has 37 heavy (non-hydrogen) atoms. The minimum absolute atomic E-state index is 0.0994. The van der Waals surface area contributed by atoms with Gasteiger partial charge in [-0.15, -0.1) is 0 Å². The lowest BCUT2D eigenvalue weighted by Gasteiger charge is -2.36. The van der Waals surface area contributed by atoms with Crippen LogP contribution in [0.3, 0.4) is 0 Å². The number of ether oxygens (including phenoxy) is 2. The fourth-order valence-corrected chi connectivity index (χ4v) is 5.23. The van der Waals surface area contributed by atoms with Crippen molar-refractivity contribution in [2.45, 2.75) is 24.3 Å². The van der Waals surface area contributed by atoms with Gasteiger partial charge in [0.25, 0.3) is 0 Å². The zero-order chi connectivity index (χ0) is 26.5. The highest BCUT2D eigenvalue weighted by Gasteiger charge is 2.53. The van der Waals surface area contributed by atoms with Crippen LogP contribution in [0.25, 0.3) is 6.08 Å². The molecule has 0 spiro atoms. The van der Waals surface area contributed by atoms with Crippen molar-refractivity contribution in [2.24, 2.45) is 5.92 Å². The molecule has 190 valence electrons. The molecular weight excluding hydrogens is 538 g/mol. The molecule has 1 fully saturated rings. The average Bonchev–Trinajstić information content (AvgIpc) is 2.91. The molecule has 1 aliphatic carbocycles. The maximum atomic E-state index is 13.5. The summed E-state index contributed by atoms with van der Waals surface area (Å²) in [5, 5.41) is 12.5. The normalized spacial score (nSPS) is 21.5. The summed E-state index contributed by atoms with van der Waals surface area (Å²) in [6.45, 7) is 0. The van der Waals surface area contributed by atoms with Crippen LogP contribution in [0, 0.1) is 16.0 Å². The van der Waals surface area contributed by atoms with E-state index in [0.29, 0.717) is 22.6 Å². The Morgan fingerprint density at radius 1 is 0.919 bits per heavy atom. The maximum absolute atomic E-state index is 13.5. The summed E-state index contributed by atoms with van der Waals surface area (Å²) >= 11 is 3.39. The number of rotatable bonds is 8. The van der Waals surface area contributed by atoms with Gasteiger partial charge in [-0.05, 0) is 59.2 Å². The van der Waals surface area contributed by atoms with Crippen molar-refractivity contribution in [3.8, 4) is 11.5 Å². The van der Waals surface area contributed by atoms with Gasteiger partial charge in [-0.1, -0.05) is 58.4 Å². The van der Waals surface area contributed by atoms with E-state index in [4.69, 9.17) is 9.47 Å². The van der Waals surface area contributed by atoms with E-state index in [1.54, 1.807) is 86.0 Å². The van der Waals surface area contributed by atoms with Crippen LogP contribution < -0.4 is 9.47 Å². The second kappa shape index (κ2) is 11.5. The van der Waals surface area contributed by atoms with Gasteiger partial charge in [-0.3, -0.25) is 19.7 Å². The topological polar surface area (TPSA) is 95.7 Å². The summed E-state index contributed by atoms with van der Waals surface area (Å²) < 4.78 is 11.2. The Morgan fingerprint density at radius 3 is 2.00 bits per heavy atom. The molecule has 1 unspecified atom stereocenters. The highest BCUT2D eigenvalue weighted by Crippen LogP contribution is 2.45. The fraction of sp³-hybridized carbons (Fsp3) is 0.241. The van der Waals surface area contributed by atoms with Crippen molar-refractivity contribution in [3.63, 3.8) is 0 Å². The fourth-order valence-electron chi connectivity index (χ4n) is 4.96. The van der Waals surface area contributed by atoms with Gasteiger partial charge < -0.3 is 9.47 Å². The van der Waals surface area contributed by atoms with Gasteiger partial charge in [0, 0.05) is 15.8 Å². The Morgan fingerprint density at radius 2 is 1.46 bits per heavy atom. The zero-order valence-electron chi connectivity index (χ0n) is 20.4. The van der Waals surface area contributed by atoms with Crippen molar-refractivity contribution in [3.05, 3.63) is 110 Å². The summed E-state index contributed by atoms with van der Waals surface area (Å²) in [4.78, 5) is 39.2. The number of hydrogen-bond acceptors (Lipinski definition) is 6. The van der Waals surface area contributed by atoms with Gasteiger partial charge in [0.15, 0.2) is 5.78 Å². The SMILES string of the molecule is COc1ccc(/C=C/C(=O)C2C(=O)C[C@H](c3ccc(OC)cc3)[C@H]([N+](=O)[O-])[C@H]2c2ccc(Br)cc2)cc1. The van der Waals surface area contributed by atoms with Gasteiger partial charge in [0.2, 0.25) is 6.04 Å². The number of allylic oxidation sites excluding steroid dienone is 1. The smallest absolute Gasteiger partial charge is 0.228 e. The molecule has 0 bridgehead atoms. The van der Waals surface area contributed by atoms with Crippen LogP contribution in [0.5, 0.6) is 11.5 Å². The first-order valence-electron chi connectivity index (χ1n) is 11.7. The minimum atomic E-state index is -1.17. The van der Waals surface area contributed by atoms with E-state index in [-0.39, 0.29) is 17.1 Å². The van der Waals surface area contributed by atoms with Gasteiger partial charge in [-0.25, -0.2) is 0 Å². The molecule has 0 saturated heterocycles. The van der Waals surface area contributed by atoms with Crippen LogP contribution in [0.2, 0.25) is 0 Å². The van der Waals surface area contributed by atoms with Crippen LogP contribution in [-0.4, -0.2) is 36.8 Å². The lowest BCUT2D eigenvalue weighted by atomic mass is 9.64. The first kappa shape index (κ1) is 26.3. The monoisotopic (exact) mass is 563 g/mol. The number of methoxy groups -OCH3 is 2. The second-order valence-electron chi connectivity index (χ2n) is 8.89. The third-order valence-electron chi connectivity index (χ3n) is 6.81. The van der Waals surface area contributed by atoms with Gasteiger partial charge in [0.1, 0.15) is 17.3 Å². The Balaban J connectivity index is 1.74. The molecule has 0 N–H and O–H groups in total. The van der Waals surface area contributed by atoms with Crippen LogP contribution in [0.15, 0.2) is 83.3 Å². The van der Waals surface area contributed by atoms with Gasteiger partial charge >= 0.3 is 0 Å². The van der Waals surface area contributed by atoms with Gasteiger partial charge in [-0.2, -0.15) is 0 Å². The highest BCUT2D eigenvalue weighted by atomic mass is 79.9. The molecule has 7 nitrogen and oxygen atoms in total. The summed E-state index contributed by atoms with van der Waals surface area (Å²) in [5.74, 6) is -2.24. The predicted octanol–water partition coefficient (Wildman–Crippen LogP) is 5.85. The molecular formula is C29H26BrNO6. The van der Waals surface area contributed by atoms with Crippen molar-refractivity contribution in [1.82, 2.24) is 0 Å². The van der Waals surface area contributed by atoms with E-state index in [1.807, 2.05) is 0 Å². The van der Waals surface area contributed by atoms with E-state index in [9.17, 15) is 19.7 Å².